The van der Waals surface area contributed by atoms with Crippen LogP contribution in [-0.2, 0) is 16.0 Å². The lowest BCUT2D eigenvalue weighted by atomic mass is 10.1. The third kappa shape index (κ3) is 4.13. The van der Waals surface area contributed by atoms with Gasteiger partial charge in [-0.05, 0) is 31.4 Å². The van der Waals surface area contributed by atoms with Crippen LogP contribution in [0.4, 0.5) is 0 Å². The molecule has 0 N–H and O–H groups in total. The van der Waals surface area contributed by atoms with Crippen molar-refractivity contribution in [3.63, 3.8) is 0 Å². The Labute approximate surface area is 107 Å². The van der Waals surface area contributed by atoms with Crippen LogP contribution in [-0.4, -0.2) is 16.9 Å². The van der Waals surface area contributed by atoms with E-state index in [9.17, 15) is 9.59 Å². The van der Waals surface area contributed by atoms with Crippen molar-refractivity contribution in [3.8, 4) is 0 Å². The minimum Gasteiger partial charge on any atom is -0.385 e. The van der Waals surface area contributed by atoms with Crippen molar-refractivity contribution in [3.05, 3.63) is 41.7 Å². The Hall–Kier alpha value is -1.97. The normalized spacial score (nSPS) is 9.89. The van der Waals surface area contributed by atoms with Crippen LogP contribution in [0, 0.1) is 0 Å². The molecule has 0 amide bonds. The molecule has 0 saturated carbocycles. The number of pyridine rings is 1. The van der Waals surface area contributed by atoms with E-state index < -0.39 is 11.9 Å². The summed E-state index contributed by atoms with van der Waals surface area (Å²) in [5.41, 5.74) is 1.38. The second-order valence-corrected chi connectivity index (χ2v) is 4.11. The van der Waals surface area contributed by atoms with Gasteiger partial charge in [0.2, 0.25) is 0 Å². The molecule has 0 spiro atoms. The van der Waals surface area contributed by atoms with Crippen molar-refractivity contribution in [1.82, 2.24) is 4.98 Å². The fraction of sp³-hybridized carbons (Fsp3) is 0.357. The predicted octanol–water partition coefficient (Wildman–Crippen LogP) is 2.68. The Morgan fingerprint density at radius 1 is 1.39 bits per heavy atom. The van der Waals surface area contributed by atoms with Crippen LogP contribution in [0.25, 0.3) is 0 Å². The van der Waals surface area contributed by atoms with Crippen molar-refractivity contribution in [1.29, 1.82) is 0 Å². The van der Waals surface area contributed by atoms with Crippen LogP contribution in [0.15, 0.2) is 30.5 Å². The molecule has 0 aliphatic carbocycles. The number of aryl methyl sites for hydroxylation is 1. The summed E-state index contributed by atoms with van der Waals surface area (Å²) in [5.74, 6) is -1.47. The molecule has 0 saturated heterocycles. The van der Waals surface area contributed by atoms with E-state index in [1.54, 1.807) is 12.3 Å². The highest BCUT2D eigenvalue weighted by atomic mass is 16.6. The van der Waals surface area contributed by atoms with E-state index in [-0.39, 0.29) is 11.3 Å². The number of ether oxygens (including phenoxy) is 1. The molecule has 0 unspecified atom stereocenters. The van der Waals surface area contributed by atoms with Crippen molar-refractivity contribution >= 4 is 11.9 Å². The van der Waals surface area contributed by atoms with Crippen LogP contribution >= 0.6 is 0 Å². The first-order valence-corrected chi connectivity index (χ1v) is 5.91. The molecular weight excluding hydrogens is 230 g/mol. The fourth-order valence-corrected chi connectivity index (χ4v) is 1.30. The molecule has 4 nitrogen and oxygen atoms in total. The summed E-state index contributed by atoms with van der Waals surface area (Å²) in [7, 11) is 0. The quantitative estimate of drug-likeness (QED) is 0.456. The van der Waals surface area contributed by atoms with Crippen molar-refractivity contribution in [2.24, 2.45) is 0 Å². The summed E-state index contributed by atoms with van der Waals surface area (Å²) in [4.78, 5) is 26.7. The number of hydrogen-bond donors (Lipinski definition) is 0. The fourth-order valence-electron chi connectivity index (χ4n) is 1.30. The number of rotatable bonds is 5. The second-order valence-electron chi connectivity index (χ2n) is 4.11. The van der Waals surface area contributed by atoms with Crippen molar-refractivity contribution < 1.29 is 14.3 Å². The van der Waals surface area contributed by atoms with Gasteiger partial charge in [-0.15, -0.1) is 0 Å². The summed E-state index contributed by atoms with van der Waals surface area (Å²) in [5, 5.41) is 0. The smallest absolute Gasteiger partial charge is 0.364 e. The van der Waals surface area contributed by atoms with Gasteiger partial charge in [-0.2, -0.15) is 0 Å². The molecule has 0 radical (unpaired) electrons. The van der Waals surface area contributed by atoms with E-state index in [2.05, 4.69) is 23.2 Å². The summed E-state index contributed by atoms with van der Waals surface area (Å²) >= 11 is 0. The molecule has 0 fully saturated rings. The van der Waals surface area contributed by atoms with Gasteiger partial charge in [-0.25, -0.2) is 14.6 Å². The average Bonchev–Trinajstić information content (AvgIpc) is 2.36. The molecule has 0 atom stereocenters. The predicted molar refractivity (Wildman–Crippen MR) is 68.1 cm³/mol. The molecule has 0 bridgehead atoms. The minimum atomic E-state index is -0.745. The Kier molecular flexibility index (Phi) is 5.24. The van der Waals surface area contributed by atoms with E-state index in [0.717, 1.165) is 24.8 Å². The van der Waals surface area contributed by atoms with Crippen LogP contribution in [0.1, 0.15) is 42.7 Å². The largest absolute Gasteiger partial charge is 0.385 e. The topological polar surface area (TPSA) is 56.3 Å². The van der Waals surface area contributed by atoms with E-state index in [4.69, 9.17) is 0 Å². The maximum atomic E-state index is 11.5. The average molecular weight is 247 g/mol. The van der Waals surface area contributed by atoms with Gasteiger partial charge in [0.15, 0.2) is 0 Å². The number of unbranched alkanes of at least 4 members (excludes halogenated alkanes) is 1. The first kappa shape index (κ1) is 14.1. The molecule has 96 valence electrons. The number of esters is 2. The highest BCUT2D eigenvalue weighted by Gasteiger charge is 2.14. The molecule has 0 aromatic carbocycles. The zero-order valence-electron chi connectivity index (χ0n) is 10.7. The number of carbonyl (C=O) groups excluding carboxylic acids is 2. The van der Waals surface area contributed by atoms with Crippen LogP contribution in [0.2, 0.25) is 0 Å². The number of hydrogen-bond acceptors (Lipinski definition) is 4. The molecule has 1 rings (SSSR count). The lowest BCUT2D eigenvalue weighted by Gasteiger charge is -2.03. The molecule has 4 heteroatoms. The zero-order valence-corrected chi connectivity index (χ0v) is 10.7. The summed E-state index contributed by atoms with van der Waals surface area (Å²) in [6.07, 6.45) is 4.76. The van der Waals surface area contributed by atoms with Crippen LogP contribution < -0.4 is 0 Å². The van der Waals surface area contributed by atoms with Gasteiger partial charge in [-0.3, -0.25) is 0 Å². The minimum absolute atomic E-state index is 0.129. The van der Waals surface area contributed by atoms with Gasteiger partial charge >= 0.3 is 11.9 Å². The summed E-state index contributed by atoms with van der Waals surface area (Å²) < 4.78 is 4.58. The highest BCUT2D eigenvalue weighted by molar-refractivity contribution is 6.00. The first-order valence-electron chi connectivity index (χ1n) is 5.91. The van der Waals surface area contributed by atoms with Gasteiger partial charge in [0.1, 0.15) is 5.69 Å². The molecule has 0 aliphatic heterocycles. The summed E-state index contributed by atoms with van der Waals surface area (Å²) in [6.45, 7) is 7.00. The van der Waals surface area contributed by atoms with Crippen LogP contribution in [0.3, 0.4) is 0 Å². The SMILES string of the molecule is C=C(C)C(=O)OC(=O)c1ccc(CCCC)cn1. The molecule has 0 aliphatic rings. The van der Waals surface area contributed by atoms with Crippen molar-refractivity contribution in [2.75, 3.05) is 0 Å². The second kappa shape index (κ2) is 6.69. The standard InChI is InChI=1S/C14H17NO3/c1-4-5-6-11-7-8-12(15-9-11)14(17)18-13(16)10(2)3/h7-9H,2,4-6H2,1,3H3. The molecule has 1 aromatic heterocycles. The van der Waals surface area contributed by atoms with Gasteiger partial charge in [0.05, 0.1) is 0 Å². The van der Waals surface area contributed by atoms with E-state index >= 15 is 0 Å². The maximum Gasteiger partial charge on any atom is 0.364 e. The Balaban J connectivity index is 2.64. The molecule has 1 aromatic rings. The molecule has 1 heterocycles. The van der Waals surface area contributed by atoms with Crippen LogP contribution in [0.5, 0.6) is 0 Å². The van der Waals surface area contributed by atoms with E-state index in [1.807, 2.05) is 6.07 Å². The zero-order chi connectivity index (χ0) is 13.5. The first-order chi connectivity index (χ1) is 8.54. The number of aromatic nitrogens is 1. The van der Waals surface area contributed by atoms with Gasteiger partial charge < -0.3 is 4.74 Å². The Morgan fingerprint density at radius 2 is 2.11 bits per heavy atom. The van der Waals surface area contributed by atoms with Crippen molar-refractivity contribution in [2.45, 2.75) is 33.1 Å². The monoisotopic (exact) mass is 247 g/mol. The number of nitrogens with zero attached hydrogens (tertiary/aromatic N) is 1. The summed E-state index contributed by atoms with van der Waals surface area (Å²) in [6, 6.07) is 3.39. The van der Waals surface area contributed by atoms with Gasteiger partial charge in [0, 0.05) is 11.8 Å². The Bertz CT molecular complexity index is 449. The Morgan fingerprint density at radius 3 is 2.61 bits per heavy atom. The van der Waals surface area contributed by atoms with Gasteiger partial charge in [0.25, 0.3) is 0 Å². The lowest BCUT2D eigenvalue weighted by molar-refractivity contribution is -0.133. The molecular formula is C14H17NO3. The number of carbonyl (C=O) groups is 2. The van der Waals surface area contributed by atoms with Gasteiger partial charge in [-0.1, -0.05) is 26.0 Å². The third-order valence-corrected chi connectivity index (χ3v) is 2.39. The van der Waals surface area contributed by atoms with E-state index in [0.29, 0.717) is 0 Å². The van der Waals surface area contributed by atoms with E-state index in [1.165, 1.54) is 6.92 Å². The third-order valence-electron chi connectivity index (χ3n) is 2.39. The molecule has 18 heavy (non-hydrogen) atoms. The maximum absolute atomic E-state index is 11.5. The lowest BCUT2D eigenvalue weighted by Crippen LogP contribution is -2.14. The highest BCUT2D eigenvalue weighted by Crippen LogP contribution is 2.06.